The summed E-state index contributed by atoms with van der Waals surface area (Å²) in [6.45, 7) is 1.75. The molecule has 3 aromatic rings. The van der Waals surface area contributed by atoms with Crippen LogP contribution in [0.1, 0.15) is 42.6 Å². The van der Waals surface area contributed by atoms with Crippen LogP contribution in [0.4, 0.5) is 8.78 Å². The molecule has 0 radical (unpaired) electrons. The summed E-state index contributed by atoms with van der Waals surface area (Å²) in [6.07, 6.45) is 0. The number of rotatable bonds is 6. The number of hydrogen-bond donors (Lipinski definition) is 0. The van der Waals surface area contributed by atoms with Crippen molar-refractivity contribution in [2.75, 3.05) is 26.2 Å². The number of nitrogens with zero attached hydrogens (tertiary/aromatic N) is 4. The zero-order valence-electron chi connectivity index (χ0n) is 17.8. The zero-order valence-corrected chi connectivity index (χ0v) is 18.6. The number of carbonyl (C=O) groups is 1. The average Bonchev–Trinajstić information content (AvgIpc) is 3.18. The van der Waals surface area contributed by atoms with Gasteiger partial charge < -0.3 is 0 Å². The van der Waals surface area contributed by atoms with Crippen LogP contribution < -0.4 is 0 Å². The fourth-order valence-electron chi connectivity index (χ4n) is 4.07. The number of sulfonamides is 1. The number of piperazine rings is 1. The lowest BCUT2D eigenvalue weighted by Gasteiger charge is -2.37. The molecule has 0 saturated carbocycles. The van der Waals surface area contributed by atoms with E-state index in [2.05, 4.69) is 4.98 Å². The van der Waals surface area contributed by atoms with Crippen molar-refractivity contribution in [2.24, 2.45) is 0 Å². The summed E-state index contributed by atoms with van der Waals surface area (Å²) in [7, 11) is -3.71. The number of fused-ring (bicyclic) bond motifs is 1. The first-order chi connectivity index (χ1) is 15.2. The number of aromatic nitrogens is 2. The van der Waals surface area contributed by atoms with E-state index in [-0.39, 0.29) is 29.6 Å². The molecule has 32 heavy (non-hydrogen) atoms. The molecule has 4 rings (SSSR count). The number of ketones is 1. The van der Waals surface area contributed by atoms with E-state index in [0.29, 0.717) is 29.7 Å². The van der Waals surface area contributed by atoms with Gasteiger partial charge in [-0.2, -0.15) is 13.1 Å². The van der Waals surface area contributed by atoms with Crippen molar-refractivity contribution in [1.29, 1.82) is 0 Å². The Kier molecular flexibility index (Phi) is 6.11. The van der Waals surface area contributed by atoms with Gasteiger partial charge in [-0.25, -0.2) is 13.4 Å². The molecule has 0 bridgehead atoms. The minimum Gasteiger partial charge on any atom is -0.295 e. The first kappa shape index (κ1) is 22.5. The molecule has 1 aliphatic heterocycles. The lowest BCUT2D eigenvalue weighted by atomic mass is 10.2. The number of imidazole rings is 1. The molecule has 0 aliphatic carbocycles. The van der Waals surface area contributed by atoms with Crippen LogP contribution in [-0.2, 0) is 10.0 Å². The Morgan fingerprint density at radius 1 is 1.00 bits per heavy atom. The molecule has 2 heterocycles. The predicted octanol–water partition coefficient (Wildman–Crippen LogP) is 3.70. The van der Waals surface area contributed by atoms with Gasteiger partial charge in [0.2, 0.25) is 10.0 Å². The number of alkyl halides is 2. The van der Waals surface area contributed by atoms with E-state index in [4.69, 9.17) is 0 Å². The quantitative estimate of drug-likeness (QED) is 0.522. The van der Waals surface area contributed by atoms with Gasteiger partial charge in [0.1, 0.15) is 5.82 Å². The van der Waals surface area contributed by atoms with Gasteiger partial charge in [-0.05, 0) is 38.1 Å². The molecule has 1 unspecified atom stereocenters. The molecular formula is C22H24F2N4O3S. The summed E-state index contributed by atoms with van der Waals surface area (Å²) in [6, 6.07) is 12.2. The van der Waals surface area contributed by atoms with Gasteiger partial charge in [0.05, 0.1) is 22.0 Å². The van der Waals surface area contributed by atoms with E-state index >= 15 is 0 Å². The fraction of sp³-hybridized carbons (Fsp3) is 0.364. The molecule has 7 nitrogen and oxygen atoms in total. The molecule has 170 valence electrons. The summed E-state index contributed by atoms with van der Waals surface area (Å²) >= 11 is 0. The van der Waals surface area contributed by atoms with Gasteiger partial charge in [-0.3, -0.25) is 14.3 Å². The van der Waals surface area contributed by atoms with Gasteiger partial charge in [0, 0.05) is 31.7 Å². The normalized spacial score (nSPS) is 17.2. The Morgan fingerprint density at radius 2 is 1.62 bits per heavy atom. The van der Waals surface area contributed by atoms with E-state index in [1.54, 1.807) is 24.3 Å². The standard InChI is InChI=1S/C22H24F2N4O3S/c1-15(21-25-19-5-3-4-6-20(19)28(21)22(23)24)26-11-13-27(14-12-26)32(30,31)18-9-7-17(8-10-18)16(2)29/h3-10,15,22H,11-14H2,1-2H3. The van der Waals surface area contributed by atoms with Crippen LogP contribution in [-0.4, -0.2) is 59.1 Å². The van der Waals surface area contributed by atoms with Crippen molar-refractivity contribution < 1.29 is 22.0 Å². The largest absolute Gasteiger partial charge is 0.320 e. The highest BCUT2D eigenvalue weighted by molar-refractivity contribution is 7.89. The maximum Gasteiger partial charge on any atom is 0.320 e. The molecule has 1 saturated heterocycles. The van der Waals surface area contributed by atoms with Crippen LogP contribution in [0.3, 0.4) is 0 Å². The summed E-state index contributed by atoms with van der Waals surface area (Å²) in [5.41, 5.74) is 1.33. The zero-order chi connectivity index (χ0) is 23.0. The smallest absolute Gasteiger partial charge is 0.295 e. The first-order valence-electron chi connectivity index (χ1n) is 10.3. The summed E-state index contributed by atoms with van der Waals surface area (Å²) < 4.78 is 55.9. The van der Waals surface area contributed by atoms with Gasteiger partial charge in [0.25, 0.3) is 0 Å². The van der Waals surface area contributed by atoms with Crippen molar-refractivity contribution in [1.82, 2.24) is 18.8 Å². The molecule has 0 spiro atoms. The van der Waals surface area contributed by atoms with Crippen LogP contribution >= 0.6 is 0 Å². The topological polar surface area (TPSA) is 75.5 Å². The minimum atomic E-state index is -3.71. The SMILES string of the molecule is CC(=O)c1ccc(S(=O)(=O)N2CCN(C(C)c3nc4ccccc4n3C(F)F)CC2)cc1. The van der Waals surface area contributed by atoms with Crippen molar-refractivity contribution in [3.8, 4) is 0 Å². The number of benzene rings is 2. The Labute approximate surface area is 185 Å². The summed E-state index contributed by atoms with van der Waals surface area (Å²) in [4.78, 5) is 17.9. The number of carbonyl (C=O) groups excluding carboxylic acids is 1. The molecule has 0 amide bonds. The van der Waals surface area contributed by atoms with Crippen LogP contribution in [0.2, 0.25) is 0 Å². The van der Waals surface area contributed by atoms with E-state index < -0.39 is 22.6 Å². The van der Waals surface area contributed by atoms with Crippen molar-refractivity contribution in [2.45, 2.75) is 31.3 Å². The van der Waals surface area contributed by atoms with Crippen molar-refractivity contribution >= 4 is 26.8 Å². The van der Waals surface area contributed by atoms with Crippen LogP contribution in [0.25, 0.3) is 11.0 Å². The minimum absolute atomic E-state index is 0.128. The maximum atomic E-state index is 13.8. The number of hydrogen-bond acceptors (Lipinski definition) is 5. The van der Waals surface area contributed by atoms with E-state index in [1.807, 2.05) is 11.8 Å². The highest BCUT2D eigenvalue weighted by Gasteiger charge is 2.32. The van der Waals surface area contributed by atoms with Crippen molar-refractivity contribution in [3.63, 3.8) is 0 Å². The summed E-state index contributed by atoms with van der Waals surface area (Å²) in [5, 5.41) is 0. The Hall–Kier alpha value is -2.69. The van der Waals surface area contributed by atoms with Crippen molar-refractivity contribution in [3.05, 3.63) is 59.9 Å². The van der Waals surface area contributed by atoms with Crippen LogP contribution in [0.15, 0.2) is 53.4 Å². The van der Waals surface area contributed by atoms with E-state index in [1.165, 1.54) is 35.5 Å². The third-order valence-electron chi connectivity index (χ3n) is 5.91. The van der Waals surface area contributed by atoms with Gasteiger partial charge >= 0.3 is 6.55 Å². The second kappa shape index (κ2) is 8.68. The molecule has 1 atom stereocenters. The van der Waals surface area contributed by atoms with Crippen LogP contribution in [0.5, 0.6) is 0 Å². The van der Waals surface area contributed by atoms with E-state index in [0.717, 1.165) is 4.57 Å². The van der Waals surface area contributed by atoms with E-state index in [9.17, 15) is 22.0 Å². The Balaban J connectivity index is 1.51. The average molecular weight is 463 g/mol. The van der Waals surface area contributed by atoms with Crippen LogP contribution in [0, 0.1) is 0 Å². The Bertz CT molecular complexity index is 1230. The molecule has 1 aliphatic rings. The molecule has 1 fully saturated rings. The maximum absolute atomic E-state index is 13.8. The molecule has 1 aromatic heterocycles. The molecule has 2 aromatic carbocycles. The summed E-state index contributed by atoms with van der Waals surface area (Å²) in [5.74, 6) is 0.128. The van der Waals surface area contributed by atoms with Gasteiger partial charge in [0.15, 0.2) is 5.78 Å². The molecular weight excluding hydrogens is 438 g/mol. The highest BCUT2D eigenvalue weighted by Crippen LogP contribution is 2.30. The first-order valence-corrected chi connectivity index (χ1v) is 11.7. The predicted molar refractivity (Wildman–Crippen MR) is 116 cm³/mol. The Morgan fingerprint density at radius 3 is 2.22 bits per heavy atom. The number of Topliss-reactive ketones (excluding diaryl/α,β-unsaturated/α-hetero) is 1. The van der Waals surface area contributed by atoms with Gasteiger partial charge in [-0.15, -0.1) is 0 Å². The third-order valence-corrected chi connectivity index (χ3v) is 7.82. The number of para-hydroxylation sites is 2. The lowest BCUT2D eigenvalue weighted by Crippen LogP contribution is -2.49. The second-order valence-corrected chi connectivity index (χ2v) is 9.74. The number of halogens is 2. The monoisotopic (exact) mass is 462 g/mol. The lowest BCUT2D eigenvalue weighted by molar-refractivity contribution is 0.0615. The third kappa shape index (κ3) is 4.05. The fourth-order valence-corrected chi connectivity index (χ4v) is 5.49. The van der Waals surface area contributed by atoms with Gasteiger partial charge in [-0.1, -0.05) is 24.3 Å². The molecule has 10 heteroatoms. The highest BCUT2D eigenvalue weighted by atomic mass is 32.2. The second-order valence-electron chi connectivity index (χ2n) is 7.80. The molecule has 0 N–H and O–H groups in total.